The molecule has 1 unspecified atom stereocenters. The van der Waals surface area contributed by atoms with Crippen LogP contribution in [-0.2, 0) is 0 Å². The van der Waals surface area contributed by atoms with E-state index in [1.807, 2.05) is 13.0 Å². The van der Waals surface area contributed by atoms with Gasteiger partial charge in [0.1, 0.15) is 5.01 Å². The quantitative estimate of drug-likeness (QED) is 0.877. The lowest BCUT2D eigenvalue weighted by Gasteiger charge is -1.97. The Morgan fingerprint density at radius 1 is 1.33 bits per heavy atom. The van der Waals surface area contributed by atoms with Gasteiger partial charge in [0.2, 0.25) is 0 Å². The van der Waals surface area contributed by atoms with Gasteiger partial charge < -0.3 is 5.73 Å². The highest BCUT2D eigenvalue weighted by molar-refractivity contribution is 7.15. The Labute approximate surface area is 96.9 Å². The predicted octanol–water partition coefficient (Wildman–Crippen LogP) is 2.88. The van der Waals surface area contributed by atoms with Crippen molar-refractivity contribution in [3.8, 4) is 10.7 Å². The molecule has 0 aromatic carbocycles. The van der Waals surface area contributed by atoms with E-state index in [1.165, 1.54) is 0 Å². The Bertz CT molecular complexity index is 450. The molecule has 0 spiro atoms. The van der Waals surface area contributed by atoms with E-state index in [1.54, 1.807) is 29.8 Å². The first-order valence-corrected chi connectivity index (χ1v) is 5.69. The van der Waals surface area contributed by atoms with E-state index in [0.29, 0.717) is 5.02 Å². The van der Waals surface area contributed by atoms with Gasteiger partial charge in [0, 0.05) is 23.3 Å². The normalized spacial score (nSPS) is 12.7. The summed E-state index contributed by atoms with van der Waals surface area (Å²) in [4.78, 5) is 9.52. The van der Waals surface area contributed by atoms with E-state index in [0.717, 1.165) is 15.6 Å². The molecule has 5 heteroatoms. The van der Waals surface area contributed by atoms with Crippen LogP contribution in [0, 0.1) is 0 Å². The van der Waals surface area contributed by atoms with Crippen LogP contribution in [0.5, 0.6) is 0 Å². The Morgan fingerprint density at radius 2 is 2.13 bits per heavy atom. The maximum Gasteiger partial charge on any atom is 0.142 e. The van der Waals surface area contributed by atoms with Crippen molar-refractivity contribution in [2.24, 2.45) is 5.73 Å². The molecule has 0 saturated heterocycles. The minimum absolute atomic E-state index is 0.0172. The van der Waals surface area contributed by atoms with Crippen LogP contribution < -0.4 is 5.73 Å². The average molecular weight is 240 g/mol. The van der Waals surface area contributed by atoms with Gasteiger partial charge in [-0.2, -0.15) is 0 Å². The zero-order valence-electron chi connectivity index (χ0n) is 8.14. The maximum absolute atomic E-state index is 5.76. The molecule has 2 heterocycles. The van der Waals surface area contributed by atoms with Gasteiger partial charge in [0.25, 0.3) is 0 Å². The van der Waals surface area contributed by atoms with E-state index < -0.39 is 0 Å². The molecule has 3 nitrogen and oxygen atoms in total. The van der Waals surface area contributed by atoms with Crippen LogP contribution in [0.25, 0.3) is 10.7 Å². The molecular weight excluding hydrogens is 230 g/mol. The minimum atomic E-state index is 0.0172. The first kappa shape index (κ1) is 10.5. The second-order valence-electron chi connectivity index (χ2n) is 3.22. The number of pyridine rings is 1. The SMILES string of the molecule is CC(N)c1cnc(-c2ccc(Cl)cn2)s1. The van der Waals surface area contributed by atoms with Crippen LogP contribution in [0.1, 0.15) is 17.8 Å². The van der Waals surface area contributed by atoms with Crippen LogP contribution in [0.4, 0.5) is 0 Å². The van der Waals surface area contributed by atoms with Crippen molar-refractivity contribution >= 4 is 22.9 Å². The molecule has 2 aromatic rings. The molecule has 0 radical (unpaired) electrons. The fourth-order valence-corrected chi connectivity index (χ4v) is 2.07. The molecule has 0 saturated carbocycles. The predicted molar refractivity (Wildman–Crippen MR) is 63.0 cm³/mol. The number of nitrogens with zero attached hydrogens (tertiary/aromatic N) is 2. The molecule has 0 amide bonds. The van der Waals surface area contributed by atoms with Crippen molar-refractivity contribution < 1.29 is 0 Å². The molecule has 2 rings (SSSR count). The lowest BCUT2D eigenvalue weighted by molar-refractivity contribution is 0.835. The minimum Gasteiger partial charge on any atom is -0.323 e. The third-order valence-electron chi connectivity index (χ3n) is 1.92. The van der Waals surface area contributed by atoms with Crippen LogP contribution in [-0.4, -0.2) is 9.97 Å². The number of halogens is 1. The molecule has 0 fully saturated rings. The largest absolute Gasteiger partial charge is 0.323 e. The van der Waals surface area contributed by atoms with E-state index in [9.17, 15) is 0 Å². The number of hydrogen-bond acceptors (Lipinski definition) is 4. The molecule has 15 heavy (non-hydrogen) atoms. The molecule has 1 atom stereocenters. The highest BCUT2D eigenvalue weighted by atomic mass is 35.5. The molecule has 0 aliphatic carbocycles. The lowest BCUT2D eigenvalue weighted by atomic mass is 10.3. The summed E-state index contributed by atoms with van der Waals surface area (Å²) in [6.07, 6.45) is 3.41. The van der Waals surface area contributed by atoms with Crippen LogP contribution in [0.2, 0.25) is 5.02 Å². The first-order valence-electron chi connectivity index (χ1n) is 4.50. The van der Waals surface area contributed by atoms with Gasteiger partial charge >= 0.3 is 0 Å². The summed E-state index contributed by atoms with van der Waals surface area (Å²) in [5, 5.41) is 1.50. The zero-order valence-corrected chi connectivity index (χ0v) is 9.72. The molecule has 0 aliphatic heterocycles. The Balaban J connectivity index is 2.33. The topological polar surface area (TPSA) is 51.8 Å². The standard InChI is InChI=1S/C10H10ClN3S/c1-6(12)9-5-14-10(15-9)8-3-2-7(11)4-13-8/h2-6H,12H2,1H3. The van der Waals surface area contributed by atoms with E-state index >= 15 is 0 Å². The van der Waals surface area contributed by atoms with E-state index in [2.05, 4.69) is 9.97 Å². The zero-order chi connectivity index (χ0) is 10.8. The Kier molecular flexibility index (Phi) is 3.00. The third kappa shape index (κ3) is 2.34. The van der Waals surface area contributed by atoms with Gasteiger partial charge in [-0.3, -0.25) is 4.98 Å². The van der Waals surface area contributed by atoms with Crippen molar-refractivity contribution in [1.82, 2.24) is 9.97 Å². The average Bonchev–Trinajstić information content (AvgIpc) is 2.68. The number of aromatic nitrogens is 2. The fraction of sp³-hybridized carbons (Fsp3) is 0.200. The molecule has 2 N–H and O–H groups in total. The number of hydrogen-bond donors (Lipinski definition) is 1. The lowest BCUT2D eigenvalue weighted by Crippen LogP contribution is -2.01. The van der Waals surface area contributed by atoms with E-state index in [4.69, 9.17) is 17.3 Å². The summed E-state index contributed by atoms with van der Waals surface area (Å²) in [6, 6.07) is 3.67. The number of rotatable bonds is 2. The van der Waals surface area contributed by atoms with Crippen molar-refractivity contribution in [3.63, 3.8) is 0 Å². The molecule has 2 aromatic heterocycles. The highest BCUT2D eigenvalue weighted by Gasteiger charge is 2.08. The Hall–Kier alpha value is -0.970. The second kappa shape index (κ2) is 4.26. The summed E-state index contributed by atoms with van der Waals surface area (Å²) < 4.78 is 0. The summed E-state index contributed by atoms with van der Waals surface area (Å²) in [5.74, 6) is 0. The summed E-state index contributed by atoms with van der Waals surface area (Å²) in [6.45, 7) is 1.94. The monoisotopic (exact) mass is 239 g/mol. The van der Waals surface area contributed by atoms with Crippen molar-refractivity contribution in [2.45, 2.75) is 13.0 Å². The van der Waals surface area contributed by atoms with Crippen LogP contribution in [0.15, 0.2) is 24.5 Å². The van der Waals surface area contributed by atoms with Gasteiger partial charge in [-0.15, -0.1) is 11.3 Å². The number of thiazole rings is 1. The van der Waals surface area contributed by atoms with Crippen molar-refractivity contribution in [3.05, 3.63) is 34.4 Å². The van der Waals surface area contributed by atoms with Crippen molar-refractivity contribution in [1.29, 1.82) is 0 Å². The van der Waals surface area contributed by atoms with Crippen LogP contribution in [0.3, 0.4) is 0 Å². The summed E-state index contributed by atoms with van der Waals surface area (Å²) in [7, 11) is 0. The smallest absolute Gasteiger partial charge is 0.142 e. The molecular formula is C10H10ClN3S. The van der Waals surface area contributed by atoms with E-state index in [-0.39, 0.29) is 6.04 Å². The Morgan fingerprint density at radius 3 is 2.67 bits per heavy atom. The number of nitrogens with two attached hydrogens (primary N) is 1. The third-order valence-corrected chi connectivity index (χ3v) is 3.36. The molecule has 0 aliphatic rings. The summed E-state index contributed by atoms with van der Waals surface area (Å²) in [5.41, 5.74) is 6.59. The van der Waals surface area contributed by atoms with Gasteiger partial charge in [-0.1, -0.05) is 11.6 Å². The van der Waals surface area contributed by atoms with Gasteiger partial charge in [-0.25, -0.2) is 4.98 Å². The highest BCUT2D eigenvalue weighted by Crippen LogP contribution is 2.26. The van der Waals surface area contributed by atoms with Gasteiger partial charge in [0.15, 0.2) is 0 Å². The fourth-order valence-electron chi connectivity index (χ4n) is 1.12. The van der Waals surface area contributed by atoms with Crippen LogP contribution >= 0.6 is 22.9 Å². The van der Waals surface area contributed by atoms with Crippen molar-refractivity contribution in [2.75, 3.05) is 0 Å². The summed E-state index contributed by atoms with van der Waals surface area (Å²) >= 11 is 7.31. The van der Waals surface area contributed by atoms with Gasteiger partial charge in [0.05, 0.1) is 10.7 Å². The molecule has 78 valence electrons. The second-order valence-corrected chi connectivity index (χ2v) is 4.72. The van der Waals surface area contributed by atoms with Gasteiger partial charge in [-0.05, 0) is 19.1 Å². The maximum atomic E-state index is 5.76. The first-order chi connectivity index (χ1) is 7.16. The molecule has 0 bridgehead atoms.